The van der Waals surface area contributed by atoms with Crippen LogP contribution in [0.25, 0.3) is 0 Å². The minimum Gasteiger partial charge on any atom is -0.382 e. The lowest BCUT2D eigenvalue weighted by atomic mass is 10.4. The molecule has 15 heavy (non-hydrogen) atoms. The quantitative estimate of drug-likeness (QED) is 0.776. The molecule has 0 unspecified atom stereocenters. The summed E-state index contributed by atoms with van der Waals surface area (Å²) in [5, 5.41) is 4.00. The number of aromatic nitrogens is 2. The molecule has 0 amide bonds. The molecule has 6 heteroatoms. The van der Waals surface area contributed by atoms with E-state index in [1.807, 2.05) is 0 Å². The fourth-order valence-electron chi connectivity index (χ4n) is 1.33. The standard InChI is InChI=1S/C9H16F2N4/c1-14(7-8(10)11)4-2-5-15-6-3-9(12)13-15/h3,6,8H,2,4-5,7H2,1H3,(H2,12,13). The average Bonchev–Trinajstić information content (AvgIpc) is 2.50. The maximum atomic E-state index is 12.0. The summed E-state index contributed by atoms with van der Waals surface area (Å²) in [6.07, 6.45) is 0.294. The Hall–Kier alpha value is -1.17. The van der Waals surface area contributed by atoms with Gasteiger partial charge in [-0.05, 0) is 26.1 Å². The second-order valence-electron chi connectivity index (χ2n) is 3.51. The number of alkyl halides is 2. The third-order valence-electron chi connectivity index (χ3n) is 2.04. The molecule has 1 aromatic rings. The van der Waals surface area contributed by atoms with Crippen molar-refractivity contribution in [1.82, 2.24) is 14.7 Å². The Morgan fingerprint density at radius 1 is 1.60 bits per heavy atom. The molecule has 0 aliphatic carbocycles. The van der Waals surface area contributed by atoms with Gasteiger partial charge in [0.25, 0.3) is 6.43 Å². The number of hydrogen-bond acceptors (Lipinski definition) is 3. The molecule has 0 bridgehead atoms. The summed E-state index contributed by atoms with van der Waals surface area (Å²) < 4.78 is 25.6. The van der Waals surface area contributed by atoms with E-state index in [2.05, 4.69) is 5.10 Å². The monoisotopic (exact) mass is 218 g/mol. The predicted octanol–water partition coefficient (Wildman–Crippen LogP) is 1.05. The second kappa shape index (κ2) is 5.65. The Bertz CT molecular complexity index is 287. The predicted molar refractivity (Wildman–Crippen MR) is 54.8 cm³/mol. The minimum absolute atomic E-state index is 0.179. The van der Waals surface area contributed by atoms with E-state index in [0.29, 0.717) is 18.9 Å². The zero-order valence-corrected chi connectivity index (χ0v) is 8.74. The number of hydrogen-bond donors (Lipinski definition) is 1. The summed E-state index contributed by atoms with van der Waals surface area (Å²) in [7, 11) is 1.68. The van der Waals surface area contributed by atoms with Gasteiger partial charge in [-0.2, -0.15) is 5.10 Å². The highest BCUT2D eigenvalue weighted by molar-refractivity contribution is 5.23. The number of rotatable bonds is 6. The van der Waals surface area contributed by atoms with Gasteiger partial charge in [-0.15, -0.1) is 0 Å². The Morgan fingerprint density at radius 3 is 2.87 bits per heavy atom. The van der Waals surface area contributed by atoms with Crippen molar-refractivity contribution >= 4 is 5.82 Å². The van der Waals surface area contributed by atoms with Crippen molar-refractivity contribution in [3.63, 3.8) is 0 Å². The highest BCUT2D eigenvalue weighted by atomic mass is 19.3. The van der Waals surface area contributed by atoms with Crippen LogP contribution in [-0.4, -0.2) is 41.2 Å². The van der Waals surface area contributed by atoms with Crippen molar-refractivity contribution in [3.8, 4) is 0 Å². The molecule has 0 radical (unpaired) electrons. The van der Waals surface area contributed by atoms with Crippen LogP contribution in [0.15, 0.2) is 12.3 Å². The van der Waals surface area contributed by atoms with Crippen LogP contribution in [-0.2, 0) is 6.54 Å². The van der Waals surface area contributed by atoms with E-state index in [0.717, 1.165) is 6.42 Å². The lowest BCUT2D eigenvalue weighted by Crippen LogP contribution is -2.26. The summed E-state index contributed by atoms with van der Waals surface area (Å²) in [6.45, 7) is 1.15. The van der Waals surface area contributed by atoms with E-state index in [4.69, 9.17) is 5.73 Å². The van der Waals surface area contributed by atoms with Crippen LogP contribution in [0.1, 0.15) is 6.42 Å². The van der Waals surface area contributed by atoms with Crippen LogP contribution < -0.4 is 5.73 Å². The molecule has 1 heterocycles. The number of aryl methyl sites for hydroxylation is 1. The Morgan fingerprint density at radius 2 is 2.33 bits per heavy atom. The van der Waals surface area contributed by atoms with Crippen LogP contribution in [0.2, 0.25) is 0 Å². The number of anilines is 1. The molecule has 1 aromatic heterocycles. The molecule has 0 fully saturated rings. The number of nitrogens with two attached hydrogens (primary N) is 1. The molecule has 4 nitrogen and oxygen atoms in total. The van der Waals surface area contributed by atoms with Crippen molar-refractivity contribution in [2.45, 2.75) is 19.4 Å². The van der Waals surface area contributed by atoms with Crippen molar-refractivity contribution in [2.24, 2.45) is 0 Å². The van der Waals surface area contributed by atoms with Gasteiger partial charge in [-0.1, -0.05) is 0 Å². The minimum atomic E-state index is -2.27. The number of nitrogens with zero attached hydrogens (tertiary/aromatic N) is 3. The van der Waals surface area contributed by atoms with Crippen molar-refractivity contribution in [2.75, 3.05) is 25.9 Å². The molecule has 0 aliphatic rings. The van der Waals surface area contributed by atoms with E-state index in [1.54, 1.807) is 28.9 Å². The topological polar surface area (TPSA) is 47.1 Å². The lowest BCUT2D eigenvalue weighted by Gasteiger charge is -2.15. The Balaban J connectivity index is 2.16. The van der Waals surface area contributed by atoms with Gasteiger partial charge in [0.1, 0.15) is 5.82 Å². The average molecular weight is 218 g/mol. The molecule has 0 spiro atoms. The van der Waals surface area contributed by atoms with Crippen molar-refractivity contribution < 1.29 is 8.78 Å². The van der Waals surface area contributed by atoms with Gasteiger partial charge in [-0.25, -0.2) is 8.78 Å². The third-order valence-corrected chi connectivity index (χ3v) is 2.04. The van der Waals surface area contributed by atoms with E-state index >= 15 is 0 Å². The van der Waals surface area contributed by atoms with Crippen LogP contribution in [0.3, 0.4) is 0 Å². The smallest absolute Gasteiger partial charge is 0.251 e. The molecule has 2 N–H and O–H groups in total. The molecular formula is C9H16F2N4. The molecule has 0 saturated carbocycles. The molecule has 0 saturated heterocycles. The highest BCUT2D eigenvalue weighted by Gasteiger charge is 2.06. The molecule has 0 aliphatic heterocycles. The van der Waals surface area contributed by atoms with Gasteiger partial charge in [0.05, 0.1) is 6.54 Å². The van der Waals surface area contributed by atoms with Gasteiger partial charge in [0.15, 0.2) is 0 Å². The molecule has 0 atom stereocenters. The van der Waals surface area contributed by atoms with Gasteiger partial charge >= 0.3 is 0 Å². The van der Waals surface area contributed by atoms with E-state index in [-0.39, 0.29) is 6.54 Å². The first kappa shape index (κ1) is 11.9. The van der Waals surface area contributed by atoms with Gasteiger partial charge < -0.3 is 10.6 Å². The summed E-state index contributed by atoms with van der Waals surface area (Å²) in [5.41, 5.74) is 5.43. The first-order chi connectivity index (χ1) is 7.08. The fourth-order valence-corrected chi connectivity index (χ4v) is 1.33. The van der Waals surface area contributed by atoms with Crippen molar-refractivity contribution in [3.05, 3.63) is 12.3 Å². The molecule has 86 valence electrons. The Labute approximate surface area is 87.7 Å². The van der Waals surface area contributed by atoms with Crippen LogP contribution in [0.5, 0.6) is 0 Å². The van der Waals surface area contributed by atoms with E-state index < -0.39 is 6.43 Å². The maximum Gasteiger partial charge on any atom is 0.251 e. The normalized spacial score (nSPS) is 11.5. The van der Waals surface area contributed by atoms with Crippen molar-refractivity contribution in [1.29, 1.82) is 0 Å². The van der Waals surface area contributed by atoms with Crippen LogP contribution in [0, 0.1) is 0 Å². The van der Waals surface area contributed by atoms with Gasteiger partial charge in [0.2, 0.25) is 0 Å². The summed E-state index contributed by atoms with van der Waals surface area (Å²) in [6, 6.07) is 1.71. The third kappa shape index (κ3) is 4.73. The first-order valence-corrected chi connectivity index (χ1v) is 4.83. The van der Waals surface area contributed by atoms with Gasteiger partial charge in [-0.3, -0.25) is 4.68 Å². The molecule has 0 aromatic carbocycles. The Kier molecular flexibility index (Phi) is 4.48. The SMILES string of the molecule is CN(CCCn1ccc(N)n1)CC(F)F. The first-order valence-electron chi connectivity index (χ1n) is 4.83. The fraction of sp³-hybridized carbons (Fsp3) is 0.667. The molecule has 1 rings (SSSR count). The van der Waals surface area contributed by atoms with E-state index in [1.165, 1.54) is 0 Å². The lowest BCUT2D eigenvalue weighted by molar-refractivity contribution is 0.0992. The number of nitrogen functional groups attached to an aromatic ring is 1. The summed E-state index contributed by atoms with van der Waals surface area (Å²) >= 11 is 0. The highest BCUT2D eigenvalue weighted by Crippen LogP contribution is 2.00. The maximum absolute atomic E-state index is 12.0. The molecular weight excluding hydrogens is 202 g/mol. The largest absolute Gasteiger partial charge is 0.382 e. The van der Waals surface area contributed by atoms with E-state index in [9.17, 15) is 8.78 Å². The van der Waals surface area contributed by atoms with Crippen LogP contribution >= 0.6 is 0 Å². The number of halogens is 2. The van der Waals surface area contributed by atoms with Crippen LogP contribution in [0.4, 0.5) is 14.6 Å². The summed E-state index contributed by atoms with van der Waals surface area (Å²) in [5.74, 6) is 0.482. The second-order valence-corrected chi connectivity index (χ2v) is 3.51. The summed E-state index contributed by atoms with van der Waals surface area (Å²) in [4.78, 5) is 1.61. The zero-order valence-electron chi connectivity index (χ0n) is 8.74. The zero-order chi connectivity index (χ0) is 11.3. The van der Waals surface area contributed by atoms with Gasteiger partial charge in [0, 0.05) is 12.7 Å².